The number of hydrogen-bond acceptors (Lipinski definition) is 2. The molecule has 0 bridgehead atoms. The van der Waals surface area contributed by atoms with Gasteiger partial charge in [0.1, 0.15) is 5.82 Å². The molecule has 1 aromatic rings. The van der Waals surface area contributed by atoms with Crippen LogP contribution in [0.25, 0.3) is 0 Å². The summed E-state index contributed by atoms with van der Waals surface area (Å²) in [6.45, 7) is 7.78. The van der Waals surface area contributed by atoms with E-state index in [1.807, 2.05) is 6.20 Å². The predicted molar refractivity (Wildman–Crippen MR) is 79.9 cm³/mol. The summed E-state index contributed by atoms with van der Waals surface area (Å²) >= 11 is 0. The second-order valence-electron chi connectivity index (χ2n) is 6.76. The molecule has 2 rings (SSSR count). The number of imidazole rings is 1. The van der Waals surface area contributed by atoms with Crippen molar-refractivity contribution < 1.29 is 0 Å². The second-order valence-corrected chi connectivity index (χ2v) is 6.76. The van der Waals surface area contributed by atoms with Crippen LogP contribution in [0.4, 0.5) is 0 Å². The Morgan fingerprint density at radius 3 is 3.00 bits per heavy atom. The third-order valence-electron chi connectivity index (χ3n) is 4.44. The van der Waals surface area contributed by atoms with E-state index in [2.05, 4.69) is 36.5 Å². The molecule has 0 aromatic carbocycles. The van der Waals surface area contributed by atoms with Crippen molar-refractivity contribution in [3.05, 3.63) is 18.2 Å². The van der Waals surface area contributed by atoms with Crippen molar-refractivity contribution in [3.8, 4) is 0 Å². The Labute approximate surface area is 117 Å². The van der Waals surface area contributed by atoms with Crippen LogP contribution in [0.2, 0.25) is 0 Å². The van der Waals surface area contributed by atoms with Crippen LogP contribution in [-0.4, -0.2) is 15.1 Å². The van der Waals surface area contributed by atoms with Crippen molar-refractivity contribution >= 4 is 0 Å². The first-order valence-corrected chi connectivity index (χ1v) is 7.81. The highest BCUT2D eigenvalue weighted by atomic mass is 15.1. The molecule has 0 spiro atoms. The van der Waals surface area contributed by atoms with Crippen molar-refractivity contribution in [1.82, 2.24) is 9.55 Å². The van der Waals surface area contributed by atoms with Gasteiger partial charge >= 0.3 is 0 Å². The Hall–Kier alpha value is -0.830. The fourth-order valence-electron chi connectivity index (χ4n) is 3.66. The Bertz CT molecular complexity index is 396. The van der Waals surface area contributed by atoms with E-state index in [1.54, 1.807) is 0 Å². The molecule has 1 fully saturated rings. The van der Waals surface area contributed by atoms with Crippen LogP contribution in [0.1, 0.15) is 58.7 Å². The summed E-state index contributed by atoms with van der Waals surface area (Å²) < 4.78 is 2.22. The van der Waals surface area contributed by atoms with Crippen LogP contribution in [0.5, 0.6) is 0 Å². The van der Waals surface area contributed by atoms with Crippen molar-refractivity contribution in [2.45, 2.75) is 71.4 Å². The zero-order valence-corrected chi connectivity index (χ0v) is 12.7. The van der Waals surface area contributed by atoms with Gasteiger partial charge in [-0.25, -0.2) is 4.98 Å². The van der Waals surface area contributed by atoms with E-state index in [0.717, 1.165) is 37.0 Å². The summed E-state index contributed by atoms with van der Waals surface area (Å²) in [4.78, 5) is 4.50. The number of nitrogens with zero attached hydrogens (tertiary/aromatic N) is 2. The Kier molecular flexibility index (Phi) is 4.67. The summed E-state index contributed by atoms with van der Waals surface area (Å²) in [6.07, 6.45) is 11.2. The highest BCUT2D eigenvalue weighted by molar-refractivity contribution is 5.03. The number of hydrogen-bond donors (Lipinski definition) is 1. The van der Waals surface area contributed by atoms with Gasteiger partial charge in [0.2, 0.25) is 0 Å². The van der Waals surface area contributed by atoms with Crippen LogP contribution in [0, 0.1) is 11.8 Å². The van der Waals surface area contributed by atoms with E-state index < -0.39 is 0 Å². The minimum Gasteiger partial charge on any atom is -0.335 e. The van der Waals surface area contributed by atoms with E-state index in [9.17, 15) is 0 Å². The fourth-order valence-corrected chi connectivity index (χ4v) is 3.66. The highest BCUT2D eigenvalue weighted by Gasteiger charge is 2.34. The molecule has 1 aliphatic carbocycles. The molecular weight excluding hydrogens is 234 g/mol. The molecule has 1 saturated carbocycles. The first kappa shape index (κ1) is 14.6. The zero-order valence-electron chi connectivity index (χ0n) is 12.7. The van der Waals surface area contributed by atoms with Gasteiger partial charge in [0, 0.05) is 30.9 Å². The van der Waals surface area contributed by atoms with Crippen molar-refractivity contribution in [2.75, 3.05) is 0 Å². The molecule has 19 heavy (non-hydrogen) atoms. The van der Waals surface area contributed by atoms with E-state index in [1.165, 1.54) is 25.7 Å². The zero-order chi connectivity index (χ0) is 13.9. The highest BCUT2D eigenvalue weighted by Crippen LogP contribution is 2.36. The number of nitrogens with two attached hydrogens (primary N) is 1. The van der Waals surface area contributed by atoms with Gasteiger partial charge in [0.15, 0.2) is 0 Å². The second kappa shape index (κ2) is 6.08. The first-order chi connectivity index (χ1) is 9.02. The Balaban J connectivity index is 2.01. The van der Waals surface area contributed by atoms with Gasteiger partial charge in [0.25, 0.3) is 0 Å². The molecule has 0 aliphatic heterocycles. The molecule has 3 nitrogen and oxygen atoms in total. The van der Waals surface area contributed by atoms with E-state index in [0.29, 0.717) is 0 Å². The van der Waals surface area contributed by atoms with Crippen LogP contribution >= 0.6 is 0 Å². The Morgan fingerprint density at radius 1 is 1.53 bits per heavy atom. The first-order valence-electron chi connectivity index (χ1n) is 7.81. The average molecular weight is 263 g/mol. The normalized spacial score (nSPS) is 27.9. The third-order valence-corrected chi connectivity index (χ3v) is 4.44. The lowest BCUT2D eigenvalue weighted by molar-refractivity contribution is 0.197. The van der Waals surface area contributed by atoms with Gasteiger partial charge in [-0.15, -0.1) is 0 Å². The maximum Gasteiger partial charge on any atom is 0.110 e. The monoisotopic (exact) mass is 263 g/mol. The molecule has 108 valence electrons. The summed E-state index contributed by atoms with van der Waals surface area (Å²) in [5, 5.41) is 0. The fraction of sp³-hybridized carbons (Fsp3) is 0.812. The summed E-state index contributed by atoms with van der Waals surface area (Å²) in [5.74, 6) is 2.75. The topological polar surface area (TPSA) is 43.8 Å². The molecule has 0 amide bonds. The van der Waals surface area contributed by atoms with Crippen molar-refractivity contribution in [1.29, 1.82) is 0 Å². The van der Waals surface area contributed by atoms with Crippen LogP contribution < -0.4 is 5.73 Å². The van der Waals surface area contributed by atoms with Gasteiger partial charge < -0.3 is 10.3 Å². The minimum absolute atomic E-state index is 0.0317. The van der Waals surface area contributed by atoms with Gasteiger partial charge in [-0.3, -0.25) is 0 Å². The summed E-state index contributed by atoms with van der Waals surface area (Å²) in [7, 11) is 0. The maximum absolute atomic E-state index is 6.69. The Morgan fingerprint density at radius 2 is 2.32 bits per heavy atom. The van der Waals surface area contributed by atoms with Gasteiger partial charge in [-0.1, -0.05) is 26.7 Å². The van der Waals surface area contributed by atoms with Gasteiger partial charge in [0.05, 0.1) is 0 Å². The average Bonchev–Trinajstić information content (AvgIpc) is 2.74. The van der Waals surface area contributed by atoms with Crippen LogP contribution in [0.3, 0.4) is 0 Å². The molecular formula is C16H29N3. The van der Waals surface area contributed by atoms with Crippen LogP contribution in [-0.2, 0) is 13.0 Å². The molecule has 0 saturated heterocycles. The number of aryl methyl sites for hydroxylation is 1. The number of aromatic nitrogens is 2. The van der Waals surface area contributed by atoms with Crippen LogP contribution in [0.15, 0.2) is 12.4 Å². The summed E-state index contributed by atoms with van der Waals surface area (Å²) in [6, 6.07) is 0. The minimum atomic E-state index is -0.0317. The lowest BCUT2D eigenvalue weighted by Gasteiger charge is -2.38. The standard InChI is InChI=1S/C16H29N3/c1-4-19-9-8-18-15(19)12-16(17)7-5-6-14(11-16)10-13(2)3/h8-9,13-14H,4-7,10-12,17H2,1-3H3. The van der Waals surface area contributed by atoms with Gasteiger partial charge in [-0.2, -0.15) is 0 Å². The molecule has 2 atom stereocenters. The molecule has 2 unspecified atom stereocenters. The van der Waals surface area contributed by atoms with Crippen molar-refractivity contribution in [3.63, 3.8) is 0 Å². The lowest BCUT2D eigenvalue weighted by atomic mass is 9.72. The van der Waals surface area contributed by atoms with E-state index in [-0.39, 0.29) is 5.54 Å². The largest absolute Gasteiger partial charge is 0.335 e. The molecule has 2 N–H and O–H groups in total. The van der Waals surface area contributed by atoms with E-state index >= 15 is 0 Å². The maximum atomic E-state index is 6.69. The molecule has 3 heteroatoms. The number of rotatable bonds is 5. The molecule has 0 radical (unpaired) electrons. The van der Waals surface area contributed by atoms with Crippen molar-refractivity contribution in [2.24, 2.45) is 17.6 Å². The van der Waals surface area contributed by atoms with E-state index in [4.69, 9.17) is 5.73 Å². The lowest BCUT2D eigenvalue weighted by Crippen LogP contribution is -2.47. The third kappa shape index (κ3) is 3.82. The quantitative estimate of drug-likeness (QED) is 0.885. The van der Waals surface area contributed by atoms with Gasteiger partial charge in [-0.05, 0) is 38.0 Å². The summed E-state index contributed by atoms with van der Waals surface area (Å²) in [5.41, 5.74) is 6.65. The molecule has 1 aromatic heterocycles. The molecule has 1 aliphatic rings. The smallest absolute Gasteiger partial charge is 0.110 e. The SMILES string of the molecule is CCn1ccnc1CC1(N)CCCC(CC(C)C)C1. The predicted octanol–water partition coefficient (Wildman–Crippen LogP) is 3.38. The molecule has 1 heterocycles.